The molecule has 0 atom stereocenters. The molecule has 1 nitrogen and oxygen atoms in total. The van der Waals surface area contributed by atoms with E-state index in [1.165, 1.54) is 0 Å². The van der Waals surface area contributed by atoms with Crippen molar-refractivity contribution in [2.45, 2.75) is 18.3 Å². The molecule has 8 heteroatoms. The van der Waals surface area contributed by atoms with E-state index in [4.69, 9.17) is 5.73 Å². The zero-order valence-electron chi connectivity index (χ0n) is 8.03. The normalized spacial score (nSPS) is 13.2. The first-order chi connectivity index (χ1) is 7.55. The molecule has 0 aromatic heterocycles. The van der Waals surface area contributed by atoms with Crippen LogP contribution in [0.25, 0.3) is 0 Å². The summed E-state index contributed by atoms with van der Waals surface area (Å²) in [4.78, 5) is 0. The Morgan fingerprint density at radius 2 is 1.41 bits per heavy atom. The maximum Gasteiger partial charge on any atom is 0.404 e. The monoisotopic (exact) mass is 261 g/mol. The molecule has 0 bridgehead atoms. The molecule has 17 heavy (non-hydrogen) atoms. The zero-order chi connectivity index (χ0) is 13.4. The fourth-order valence-electron chi connectivity index (χ4n) is 1.34. The van der Waals surface area contributed by atoms with Gasteiger partial charge in [0.1, 0.15) is 5.82 Å². The van der Waals surface area contributed by atoms with Crippen molar-refractivity contribution in [2.24, 2.45) is 0 Å². The molecule has 0 aliphatic heterocycles. The van der Waals surface area contributed by atoms with Gasteiger partial charge < -0.3 is 5.73 Å². The number of hydrogen-bond donors (Lipinski definition) is 1. The second-order valence-corrected chi connectivity index (χ2v) is 3.26. The van der Waals surface area contributed by atoms with Gasteiger partial charge in [-0.1, -0.05) is 12.1 Å². The number of rotatable bonds is 1. The first-order valence-electron chi connectivity index (χ1n) is 4.22. The molecular weight excluding hydrogens is 255 g/mol. The molecule has 0 saturated heterocycles. The van der Waals surface area contributed by atoms with Crippen molar-refractivity contribution >= 4 is 5.69 Å². The Kier molecular flexibility index (Phi) is 3.26. The van der Waals surface area contributed by atoms with Crippen molar-refractivity contribution in [1.29, 1.82) is 0 Å². The lowest BCUT2D eigenvalue weighted by atomic mass is 9.96. The summed E-state index contributed by atoms with van der Waals surface area (Å²) in [5, 5.41) is 0. The number of hydrogen-bond acceptors (Lipinski definition) is 1. The molecule has 2 N–H and O–H groups in total. The van der Waals surface area contributed by atoms with Crippen LogP contribution in [0.5, 0.6) is 0 Å². The fraction of sp³-hybridized carbons (Fsp3) is 0.333. The molecule has 0 heterocycles. The number of nitrogens with two attached hydrogens (primary N) is 1. The summed E-state index contributed by atoms with van der Waals surface area (Å²) in [6.45, 7) is 0. The lowest BCUT2D eigenvalue weighted by Gasteiger charge is -2.24. The number of benzene rings is 1. The first kappa shape index (κ1) is 13.6. The topological polar surface area (TPSA) is 26.0 Å². The van der Waals surface area contributed by atoms with Gasteiger partial charge in [-0.15, -0.1) is 0 Å². The van der Waals surface area contributed by atoms with Gasteiger partial charge >= 0.3 is 12.4 Å². The highest BCUT2D eigenvalue weighted by atomic mass is 19.4. The maximum atomic E-state index is 12.9. The summed E-state index contributed by atoms with van der Waals surface area (Å²) in [6, 6.07) is 1.93. The van der Waals surface area contributed by atoms with Crippen molar-refractivity contribution in [3.63, 3.8) is 0 Å². The molecule has 0 radical (unpaired) electrons. The Hall–Kier alpha value is -1.47. The maximum absolute atomic E-state index is 12.9. The van der Waals surface area contributed by atoms with E-state index in [-0.39, 0.29) is 0 Å². The molecule has 0 saturated carbocycles. The summed E-state index contributed by atoms with van der Waals surface area (Å²) in [7, 11) is 0. The minimum absolute atomic E-state index is 0.504. The van der Waals surface area contributed by atoms with Crippen molar-refractivity contribution in [1.82, 2.24) is 0 Å². The van der Waals surface area contributed by atoms with Crippen molar-refractivity contribution in [2.75, 3.05) is 5.73 Å². The van der Waals surface area contributed by atoms with E-state index in [1.54, 1.807) is 0 Å². The number of nitrogen functional groups attached to an aromatic ring is 1. The highest BCUT2D eigenvalue weighted by molar-refractivity contribution is 5.50. The van der Waals surface area contributed by atoms with Crippen molar-refractivity contribution in [3.05, 3.63) is 29.6 Å². The Labute approximate surface area is 91.0 Å². The second kappa shape index (κ2) is 4.08. The minimum atomic E-state index is -5.58. The Balaban J connectivity index is 3.39. The molecule has 0 aliphatic rings. The summed E-state index contributed by atoms with van der Waals surface area (Å²) < 4.78 is 86.7. The molecule has 0 spiro atoms. The minimum Gasteiger partial charge on any atom is -0.396 e. The van der Waals surface area contributed by atoms with Crippen LogP contribution in [0.1, 0.15) is 11.5 Å². The van der Waals surface area contributed by atoms with Gasteiger partial charge in [-0.25, -0.2) is 4.39 Å². The molecule has 1 aromatic carbocycles. The molecule has 0 amide bonds. The molecule has 0 unspecified atom stereocenters. The highest BCUT2D eigenvalue weighted by Crippen LogP contribution is 2.48. The van der Waals surface area contributed by atoms with Crippen LogP contribution >= 0.6 is 0 Å². The van der Waals surface area contributed by atoms with Crippen molar-refractivity contribution in [3.8, 4) is 0 Å². The van der Waals surface area contributed by atoms with Crippen LogP contribution in [-0.4, -0.2) is 12.4 Å². The summed E-state index contributed by atoms with van der Waals surface area (Å²) in [6.07, 6.45) is -11.2. The van der Waals surface area contributed by atoms with E-state index in [0.29, 0.717) is 12.1 Å². The van der Waals surface area contributed by atoms with E-state index in [9.17, 15) is 30.7 Å². The van der Waals surface area contributed by atoms with Crippen LogP contribution in [0, 0.1) is 5.82 Å². The van der Waals surface area contributed by atoms with Crippen molar-refractivity contribution < 1.29 is 30.7 Å². The Morgan fingerprint density at radius 1 is 0.941 bits per heavy atom. The number of halogens is 7. The van der Waals surface area contributed by atoms with Crippen LogP contribution < -0.4 is 5.73 Å². The zero-order valence-corrected chi connectivity index (χ0v) is 8.03. The summed E-state index contributed by atoms with van der Waals surface area (Å²) >= 11 is 0. The van der Waals surface area contributed by atoms with Crippen LogP contribution in [0.4, 0.5) is 36.4 Å². The molecule has 96 valence electrons. The number of para-hydroxylation sites is 1. The van der Waals surface area contributed by atoms with Gasteiger partial charge in [0.15, 0.2) is 5.92 Å². The molecule has 1 rings (SSSR count). The third-order valence-electron chi connectivity index (χ3n) is 2.05. The van der Waals surface area contributed by atoms with E-state index >= 15 is 0 Å². The SMILES string of the molecule is Nc1c(F)cccc1C(C(F)(F)F)C(F)(F)F. The number of anilines is 1. The van der Waals surface area contributed by atoms with E-state index in [2.05, 4.69) is 0 Å². The standard InChI is InChI=1S/C9H6F7N/c10-5-3-1-2-4(6(5)17)7(8(11,12)13)9(14,15)16/h1-3,7H,17H2. The first-order valence-corrected chi connectivity index (χ1v) is 4.22. The van der Waals surface area contributed by atoms with Gasteiger partial charge in [-0.3, -0.25) is 0 Å². The van der Waals surface area contributed by atoms with Gasteiger partial charge in [0, 0.05) is 0 Å². The van der Waals surface area contributed by atoms with E-state index < -0.39 is 35.3 Å². The van der Waals surface area contributed by atoms with Gasteiger partial charge in [0.2, 0.25) is 0 Å². The molecule has 1 aromatic rings. The van der Waals surface area contributed by atoms with E-state index in [1.807, 2.05) is 0 Å². The Bertz CT molecular complexity index is 393. The average Bonchev–Trinajstić information content (AvgIpc) is 2.08. The third kappa shape index (κ3) is 2.80. The smallest absolute Gasteiger partial charge is 0.396 e. The second-order valence-electron chi connectivity index (χ2n) is 3.26. The summed E-state index contributed by atoms with van der Waals surface area (Å²) in [5.74, 6) is -5.10. The lowest BCUT2D eigenvalue weighted by Crippen LogP contribution is -2.34. The predicted octanol–water partition coefficient (Wildman–Crippen LogP) is 3.62. The summed E-state index contributed by atoms with van der Waals surface area (Å²) in [5.41, 5.74) is 2.43. The van der Waals surface area contributed by atoms with E-state index in [0.717, 1.165) is 6.07 Å². The predicted molar refractivity (Wildman–Crippen MR) is 45.7 cm³/mol. The van der Waals surface area contributed by atoms with Gasteiger partial charge in [-0.05, 0) is 11.6 Å². The largest absolute Gasteiger partial charge is 0.404 e. The quantitative estimate of drug-likeness (QED) is 0.606. The lowest BCUT2D eigenvalue weighted by molar-refractivity contribution is -0.253. The van der Waals surface area contributed by atoms with Gasteiger partial charge in [0.05, 0.1) is 5.69 Å². The molecular formula is C9H6F7N. The van der Waals surface area contributed by atoms with Crippen LogP contribution in [0.15, 0.2) is 18.2 Å². The van der Waals surface area contributed by atoms with Crippen LogP contribution in [-0.2, 0) is 0 Å². The highest BCUT2D eigenvalue weighted by Gasteiger charge is 2.58. The van der Waals surface area contributed by atoms with Gasteiger partial charge in [0.25, 0.3) is 0 Å². The van der Waals surface area contributed by atoms with Gasteiger partial charge in [-0.2, -0.15) is 26.3 Å². The third-order valence-corrected chi connectivity index (χ3v) is 2.05. The molecule has 0 fully saturated rings. The Morgan fingerprint density at radius 3 is 1.82 bits per heavy atom. The van der Waals surface area contributed by atoms with Crippen LogP contribution in [0.3, 0.4) is 0 Å². The average molecular weight is 261 g/mol. The molecule has 0 aliphatic carbocycles. The van der Waals surface area contributed by atoms with Crippen LogP contribution in [0.2, 0.25) is 0 Å². The number of alkyl halides is 6. The fourth-order valence-corrected chi connectivity index (χ4v) is 1.34.